The summed E-state index contributed by atoms with van der Waals surface area (Å²) >= 11 is 0. The van der Waals surface area contributed by atoms with E-state index in [0.717, 1.165) is 31.6 Å². The van der Waals surface area contributed by atoms with Crippen LogP contribution in [-0.4, -0.2) is 25.6 Å². The van der Waals surface area contributed by atoms with E-state index in [-0.39, 0.29) is 23.7 Å². The molecule has 134 valence electrons. The van der Waals surface area contributed by atoms with Gasteiger partial charge in [-0.05, 0) is 42.9 Å². The van der Waals surface area contributed by atoms with Crippen LogP contribution in [0, 0.1) is 5.41 Å². The Hall–Kier alpha value is -1.26. The standard InChI is InChI=1S/C19H28N2O2.ClH/c20-14-19(9-4-1-5-10-19)12-18(22)21-13-15-8-11-23-17-7-3-2-6-16(15)17;/h2-3,6-7,15H,1,4-5,8-14,20H2,(H,21,22);1H. The van der Waals surface area contributed by atoms with Gasteiger partial charge < -0.3 is 15.8 Å². The molecule has 3 N–H and O–H groups in total. The predicted octanol–water partition coefficient (Wildman–Crippen LogP) is 3.39. The molecule has 1 atom stereocenters. The Morgan fingerprint density at radius 1 is 1.25 bits per heavy atom. The van der Waals surface area contributed by atoms with Crippen LogP contribution in [0.4, 0.5) is 0 Å². The van der Waals surface area contributed by atoms with Crippen LogP contribution < -0.4 is 15.8 Å². The number of nitrogens with one attached hydrogen (secondary N) is 1. The minimum atomic E-state index is 0. The van der Waals surface area contributed by atoms with E-state index >= 15 is 0 Å². The van der Waals surface area contributed by atoms with Crippen molar-refractivity contribution in [1.29, 1.82) is 0 Å². The maximum absolute atomic E-state index is 12.4. The van der Waals surface area contributed by atoms with Gasteiger partial charge in [0.2, 0.25) is 5.91 Å². The van der Waals surface area contributed by atoms with E-state index < -0.39 is 0 Å². The molecule has 2 aliphatic rings. The van der Waals surface area contributed by atoms with Crippen molar-refractivity contribution in [3.8, 4) is 5.75 Å². The van der Waals surface area contributed by atoms with E-state index in [4.69, 9.17) is 10.5 Å². The first-order valence-corrected chi connectivity index (χ1v) is 8.91. The number of carbonyl (C=O) groups excluding carboxylic acids is 1. The van der Waals surface area contributed by atoms with Crippen molar-refractivity contribution in [3.63, 3.8) is 0 Å². The van der Waals surface area contributed by atoms with E-state index in [1.54, 1.807) is 0 Å². The molecule has 0 radical (unpaired) electrons. The summed E-state index contributed by atoms with van der Waals surface area (Å²) in [6.07, 6.45) is 7.42. The Labute approximate surface area is 150 Å². The van der Waals surface area contributed by atoms with Crippen LogP contribution in [-0.2, 0) is 4.79 Å². The molecule has 1 fully saturated rings. The van der Waals surface area contributed by atoms with Crippen LogP contribution >= 0.6 is 12.4 Å². The highest BCUT2D eigenvalue weighted by atomic mass is 35.5. The highest BCUT2D eigenvalue weighted by molar-refractivity contribution is 5.85. The molecule has 1 unspecified atom stereocenters. The molecule has 1 aromatic rings. The second-order valence-corrected chi connectivity index (χ2v) is 7.12. The molecule has 3 rings (SSSR count). The van der Waals surface area contributed by atoms with Crippen LogP contribution in [0.1, 0.15) is 56.4 Å². The number of hydrogen-bond donors (Lipinski definition) is 2. The lowest BCUT2D eigenvalue weighted by Crippen LogP contribution is -2.39. The zero-order valence-electron chi connectivity index (χ0n) is 14.3. The van der Waals surface area contributed by atoms with Crippen LogP contribution in [0.2, 0.25) is 0 Å². The fourth-order valence-corrected chi connectivity index (χ4v) is 4.02. The lowest BCUT2D eigenvalue weighted by molar-refractivity contribution is -0.124. The molecule has 0 saturated heterocycles. The topological polar surface area (TPSA) is 64.4 Å². The third kappa shape index (κ3) is 4.42. The molecule has 1 saturated carbocycles. The molecule has 1 amide bonds. The van der Waals surface area contributed by atoms with Crippen molar-refractivity contribution in [1.82, 2.24) is 5.32 Å². The van der Waals surface area contributed by atoms with Gasteiger partial charge in [0.15, 0.2) is 0 Å². The number of benzene rings is 1. The van der Waals surface area contributed by atoms with Crippen molar-refractivity contribution in [2.24, 2.45) is 11.1 Å². The molecule has 1 aliphatic carbocycles. The molecule has 5 heteroatoms. The summed E-state index contributed by atoms with van der Waals surface area (Å²) in [5, 5.41) is 3.15. The molecule has 24 heavy (non-hydrogen) atoms. The number of ether oxygens (including phenoxy) is 1. The van der Waals surface area contributed by atoms with E-state index in [1.807, 2.05) is 18.2 Å². The van der Waals surface area contributed by atoms with Crippen LogP contribution in [0.3, 0.4) is 0 Å². The molecule has 1 aromatic carbocycles. The van der Waals surface area contributed by atoms with E-state index in [1.165, 1.54) is 24.8 Å². The van der Waals surface area contributed by atoms with Crippen LogP contribution in [0.25, 0.3) is 0 Å². The smallest absolute Gasteiger partial charge is 0.220 e. The minimum Gasteiger partial charge on any atom is -0.493 e. The third-order valence-electron chi connectivity index (χ3n) is 5.51. The fraction of sp³-hybridized carbons (Fsp3) is 0.632. The fourth-order valence-electron chi connectivity index (χ4n) is 4.02. The largest absolute Gasteiger partial charge is 0.493 e. The average molecular weight is 353 g/mol. The van der Waals surface area contributed by atoms with Crippen molar-refractivity contribution in [2.45, 2.75) is 50.9 Å². The third-order valence-corrected chi connectivity index (χ3v) is 5.51. The number of nitrogens with two attached hydrogens (primary N) is 1. The van der Waals surface area contributed by atoms with Gasteiger partial charge in [-0.1, -0.05) is 37.5 Å². The molecule has 0 aromatic heterocycles. The summed E-state index contributed by atoms with van der Waals surface area (Å²) < 4.78 is 5.69. The first-order valence-electron chi connectivity index (χ1n) is 8.91. The zero-order valence-corrected chi connectivity index (χ0v) is 15.1. The maximum Gasteiger partial charge on any atom is 0.220 e. The van der Waals surface area contributed by atoms with Crippen molar-refractivity contribution in [3.05, 3.63) is 29.8 Å². The van der Waals surface area contributed by atoms with E-state index in [9.17, 15) is 4.79 Å². The first-order chi connectivity index (χ1) is 11.2. The van der Waals surface area contributed by atoms with E-state index in [0.29, 0.717) is 25.4 Å². The molecule has 0 spiro atoms. The lowest BCUT2D eigenvalue weighted by Gasteiger charge is -2.36. The Morgan fingerprint density at radius 3 is 2.75 bits per heavy atom. The molecular weight excluding hydrogens is 324 g/mol. The number of rotatable bonds is 5. The van der Waals surface area contributed by atoms with Gasteiger partial charge in [-0.15, -0.1) is 12.4 Å². The van der Waals surface area contributed by atoms with Gasteiger partial charge in [0.25, 0.3) is 0 Å². The summed E-state index contributed by atoms with van der Waals surface area (Å²) in [6.45, 7) is 2.05. The highest BCUT2D eigenvalue weighted by Crippen LogP contribution is 2.38. The first kappa shape index (κ1) is 19.1. The second-order valence-electron chi connectivity index (χ2n) is 7.12. The summed E-state index contributed by atoms with van der Waals surface area (Å²) in [4.78, 5) is 12.4. The van der Waals surface area contributed by atoms with Gasteiger partial charge in [0.05, 0.1) is 6.61 Å². The van der Waals surface area contributed by atoms with Crippen LogP contribution in [0.15, 0.2) is 24.3 Å². The highest BCUT2D eigenvalue weighted by Gasteiger charge is 2.33. The maximum atomic E-state index is 12.4. The number of hydrogen-bond acceptors (Lipinski definition) is 3. The Morgan fingerprint density at radius 2 is 2.00 bits per heavy atom. The monoisotopic (exact) mass is 352 g/mol. The van der Waals surface area contributed by atoms with Crippen molar-refractivity contribution < 1.29 is 9.53 Å². The number of carbonyl (C=O) groups is 1. The van der Waals surface area contributed by atoms with E-state index in [2.05, 4.69) is 11.4 Å². The van der Waals surface area contributed by atoms with Crippen molar-refractivity contribution in [2.75, 3.05) is 19.7 Å². The Balaban J connectivity index is 0.00000208. The second kappa shape index (κ2) is 8.72. The Kier molecular flexibility index (Phi) is 6.93. The average Bonchev–Trinajstić information content (AvgIpc) is 2.60. The van der Waals surface area contributed by atoms with Gasteiger partial charge in [0.1, 0.15) is 5.75 Å². The molecule has 1 heterocycles. The summed E-state index contributed by atoms with van der Waals surface area (Å²) in [7, 11) is 0. The molecular formula is C19H29ClN2O2. The van der Waals surface area contributed by atoms with Crippen molar-refractivity contribution >= 4 is 18.3 Å². The molecule has 1 aliphatic heterocycles. The number of amides is 1. The number of fused-ring (bicyclic) bond motifs is 1. The SMILES string of the molecule is Cl.NCC1(CC(=O)NCC2CCOc3ccccc32)CCCCC1. The zero-order chi connectivity index (χ0) is 16.1. The molecule has 4 nitrogen and oxygen atoms in total. The van der Waals surface area contributed by atoms with Crippen LogP contribution in [0.5, 0.6) is 5.75 Å². The lowest BCUT2D eigenvalue weighted by atomic mass is 9.71. The number of halogens is 1. The van der Waals surface area contributed by atoms with Gasteiger partial charge in [-0.2, -0.15) is 0 Å². The molecule has 0 bridgehead atoms. The Bertz CT molecular complexity index is 544. The van der Waals surface area contributed by atoms with Gasteiger partial charge in [0, 0.05) is 18.9 Å². The van der Waals surface area contributed by atoms with Gasteiger partial charge in [-0.25, -0.2) is 0 Å². The predicted molar refractivity (Wildman–Crippen MR) is 98.7 cm³/mol. The quantitative estimate of drug-likeness (QED) is 0.853. The normalized spacial score (nSPS) is 21.8. The van der Waals surface area contributed by atoms with Gasteiger partial charge in [-0.3, -0.25) is 4.79 Å². The summed E-state index contributed by atoms with van der Waals surface area (Å²) in [5.41, 5.74) is 7.24. The summed E-state index contributed by atoms with van der Waals surface area (Å²) in [5.74, 6) is 1.47. The number of para-hydroxylation sites is 1. The van der Waals surface area contributed by atoms with Gasteiger partial charge >= 0.3 is 0 Å². The minimum absolute atomic E-state index is 0. The summed E-state index contributed by atoms with van der Waals surface area (Å²) in [6, 6.07) is 8.14.